The number of amides is 2. The maximum Gasteiger partial charge on any atom is 0.326 e. The number of anilines is 1. The van der Waals surface area contributed by atoms with E-state index in [2.05, 4.69) is 26.6 Å². The van der Waals surface area contributed by atoms with Crippen LogP contribution < -0.4 is 20.1 Å². The van der Waals surface area contributed by atoms with Crippen LogP contribution in [0.5, 0.6) is 11.5 Å². The van der Waals surface area contributed by atoms with Crippen molar-refractivity contribution >= 4 is 39.4 Å². The molecule has 0 bridgehead atoms. The maximum atomic E-state index is 12.3. The number of hydrogen-bond acceptors (Lipinski definition) is 6. The normalized spacial score (nSPS) is 13.2. The molecule has 2 N–H and O–H groups in total. The van der Waals surface area contributed by atoms with Crippen LogP contribution in [0.1, 0.15) is 17.3 Å². The highest BCUT2D eigenvalue weighted by molar-refractivity contribution is 9.10. The molecular formula is C20H19BrN2O6. The minimum atomic E-state index is -1.04. The molecule has 0 saturated heterocycles. The fourth-order valence-corrected chi connectivity index (χ4v) is 2.78. The van der Waals surface area contributed by atoms with Crippen LogP contribution in [-0.4, -0.2) is 43.6 Å². The van der Waals surface area contributed by atoms with Crippen molar-refractivity contribution in [1.29, 1.82) is 0 Å². The summed E-state index contributed by atoms with van der Waals surface area (Å²) in [5.74, 6) is -0.498. The van der Waals surface area contributed by atoms with Gasteiger partial charge in [0.25, 0.3) is 11.8 Å². The van der Waals surface area contributed by atoms with Crippen molar-refractivity contribution in [2.75, 3.05) is 25.1 Å². The molecule has 9 heteroatoms. The van der Waals surface area contributed by atoms with E-state index in [0.29, 0.717) is 36.0 Å². The van der Waals surface area contributed by atoms with Gasteiger partial charge in [-0.05, 0) is 43.3 Å². The van der Waals surface area contributed by atoms with Crippen molar-refractivity contribution in [3.05, 3.63) is 52.5 Å². The van der Waals surface area contributed by atoms with Crippen molar-refractivity contribution in [2.45, 2.75) is 13.0 Å². The van der Waals surface area contributed by atoms with Gasteiger partial charge in [0.1, 0.15) is 19.8 Å². The fraction of sp³-hybridized carbons (Fsp3) is 0.250. The maximum absolute atomic E-state index is 12.3. The number of esters is 1. The van der Waals surface area contributed by atoms with Gasteiger partial charge in [-0.15, -0.1) is 0 Å². The van der Waals surface area contributed by atoms with E-state index in [4.69, 9.17) is 14.2 Å². The van der Waals surface area contributed by atoms with E-state index in [1.54, 1.807) is 42.5 Å². The van der Waals surface area contributed by atoms with Gasteiger partial charge in [-0.25, -0.2) is 0 Å². The molecule has 152 valence electrons. The van der Waals surface area contributed by atoms with Gasteiger partial charge in [-0.2, -0.15) is 0 Å². The molecule has 2 amide bonds. The first-order valence-corrected chi connectivity index (χ1v) is 9.65. The van der Waals surface area contributed by atoms with Gasteiger partial charge in [0.15, 0.2) is 17.6 Å². The summed E-state index contributed by atoms with van der Waals surface area (Å²) < 4.78 is 16.8. The summed E-state index contributed by atoms with van der Waals surface area (Å²) in [5, 5.41) is 5.11. The summed E-state index contributed by atoms with van der Waals surface area (Å²) in [6, 6.07) is 11.7. The average molecular weight is 463 g/mol. The van der Waals surface area contributed by atoms with E-state index in [-0.39, 0.29) is 6.54 Å². The fourth-order valence-electron chi connectivity index (χ4n) is 2.51. The molecule has 1 aliphatic heterocycles. The number of hydrogen-bond donors (Lipinski definition) is 2. The Morgan fingerprint density at radius 3 is 2.48 bits per heavy atom. The molecule has 1 heterocycles. The Bertz CT molecular complexity index is 916. The third-order valence-electron chi connectivity index (χ3n) is 3.99. The highest BCUT2D eigenvalue weighted by atomic mass is 79.9. The van der Waals surface area contributed by atoms with Crippen LogP contribution in [0.4, 0.5) is 5.69 Å². The quantitative estimate of drug-likeness (QED) is 0.639. The second kappa shape index (κ2) is 9.42. The largest absolute Gasteiger partial charge is 0.486 e. The number of halogens is 1. The Kier molecular flexibility index (Phi) is 6.71. The molecule has 1 aliphatic rings. The molecule has 8 nitrogen and oxygen atoms in total. The molecule has 2 aromatic carbocycles. The van der Waals surface area contributed by atoms with Gasteiger partial charge in [-0.3, -0.25) is 14.4 Å². The number of ether oxygens (including phenoxy) is 3. The Hall–Kier alpha value is -3.07. The van der Waals surface area contributed by atoms with E-state index < -0.39 is 23.9 Å². The van der Waals surface area contributed by atoms with Gasteiger partial charge in [0, 0.05) is 21.8 Å². The Morgan fingerprint density at radius 2 is 1.76 bits per heavy atom. The molecule has 1 atom stereocenters. The number of carbonyl (C=O) groups is 3. The number of fused-ring (bicyclic) bond motifs is 1. The van der Waals surface area contributed by atoms with Gasteiger partial charge >= 0.3 is 5.97 Å². The molecule has 29 heavy (non-hydrogen) atoms. The molecule has 0 aromatic heterocycles. The topological polar surface area (TPSA) is 103 Å². The lowest BCUT2D eigenvalue weighted by Crippen LogP contribution is -2.35. The summed E-state index contributed by atoms with van der Waals surface area (Å²) in [5.41, 5.74) is 0.899. The summed E-state index contributed by atoms with van der Waals surface area (Å²) in [4.78, 5) is 36.2. The van der Waals surface area contributed by atoms with Gasteiger partial charge in [0.05, 0.1) is 0 Å². The van der Waals surface area contributed by atoms with Crippen molar-refractivity contribution in [2.24, 2.45) is 0 Å². The van der Waals surface area contributed by atoms with Crippen molar-refractivity contribution in [3.63, 3.8) is 0 Å². The molecule has 0 radical (unpaired) electrons. The lowest BCUT2D eigenvalue weighted by Gasteiger charge is -2.19. The standard InChI is InChI=1S/C20H19BrN2O6/c1-12(19(25)23-15-6-7-16-17(10-15)28-9-8-27-16)29-18(24)11-22-20(26)13-2-4-14(21)5-3-13/h2-7,10,12H,8-9,11H2,1H3,(H,22,26)(H,23,25). The number of nitrogens with one attached hydrogen (secondary N) is 2. The SMILES string of the molecule is CC(OC(=O)CNC(=O)c1ccc(Br)cc1)C(=O)Nc1ccc2c(c1)OCCO2. The van der Waals surface area contributed by atoms with Crippen LogP contribution in [0.2, 0.25) is 0 Å². The van der Waals surface area contributed by atoms with Crippen molar-refractivity contribution in [1.82, 2.24) is 5.32 Å². The molecular weight excluding hydrogens is 444 g/mol. The Labute approximate surface area is 175 Å². The first-order valence-electron chi connectivity index (χ1n) is 8.86. The van der Waals surface area contributed by atoms with Gasteiger partial charge < -0.3 is 24.8 Å². The van der Waals surface area contributed by atoms with Crippen molar-refractivity contribution in [3.8, 4) is 11.5 Å². The van der Waals surface area contributed by atoms with E-state index in [1.807, 2.05) is 0 Å². The predicted octanol–water partition coefficient (Wildman–Crippen LogP) is 2.52. The second-order valence-electron chi connectivity index (χ2n) is 6.17. The van der Waals surface area contributed by atoms with Crippen LogP contribution >= 0.6 is 15.9 Å². The van der Waals surface area contributed by atoms with E-state index in [0.717, 1.165) is 4.47 Å². The number of carbonyl (C=O) groups excluding carboxylic acids is 3. The van der Waals surface area contributed by atoms with Crippen LogP contribution in [0.15, 0.2) is 46.9 Å². The summed E-state index contributed by atoms with van der Waals surface area (Å²) in [6.07, 6.45) is -1.04. The summed E-state index contributed by atoms with van der Waals surface area (Å²) in [7, 11) is 0. The Balaban J connectivity index is 1.47. The monoisotopic (exact) mass is 462 g/mol. The molecule has 0 aliphatic carbocycles. The summed E-state index contributed by atoms with van der Waals surface area (Å²) in [6.45, 7) is 2.01. The zero-order chi connectivity index (χ0) is 20.8. The minimum absolute atomic E-state index is 0.351. The Morgan fingerprint density at radius 1 is 1.07 bits per heavy atom. The average Bonchev–Trinajstić information content (AvgIpc) is 2.72. The second-order valence-corrected chi connectivity index (χ2v) is 7.09. The highest BCUT2D eigenvalue weighted by Crippen LogP contribution is 2.32. The molecule has 0 saturated carbocycles. The molecule has 1 unspecified atom stereocenters. The van der Waals surface area contributed by atoms with Gasteiger partial charge in [-0.1, -0.05) is 15.9 Å². The highest BCUT2D eigenvalue weighted by Gasteiger charge is 2.20. The van der Waals surface area contributed by atoms with E-state index in [9.17, 15) is 14.4 Å². The summed E-state index contributed by atoms with van der Waals surface area (Å²) >= 11 is 3.28. The molecule has 3 rings (SSSR count). The lowest BCUT2D eigenvalue weighted by atomic mass is 10.2. The number of benzene rings is 2. The zero-order valence-corrected chi connectivity index (χ0v) is 17.2. The van der Waals surface area contributed by atoms with Crippen molar-refractivity contribution < 1.29 is 28.6 Å². The van der Waals surface area contributed by atoms with Crippen LogP contribution in [0, 0.1) is 0 Å². The smallest absolute Gasteiger partial charge is 0.326 e. The van der Waals surface area contributed by atoms with Crippen LogP contribution in [0.25, 0.3) is 0 Å². The van der Waals surface area contributed by atoms with Crippen LogP contribution in [-0.2, 0) is 14.3 Å². The van der Waals surface area contributed by atoms with Crippen LogP contribution in [0.3, 0.4) is 0 Å². The third-order valence-corrected chi connectivity index (χ3v) is 4.52. The predicted molar refractivity (Wildman–Crippen MR) is 108 cm³/mol. The lowest BCUT2D eigenvalue weighted by molar-refractivity contribution is -0.152. The first kappa shape index (κ1) is 20.7. The van der Waals surface area contributed by atoms with E-state index in [1.165, 1.54) is 6.92 Å². The van der Waals surface area contributed by atoms with Gasteiger partial charge in [0.2, 0.25) is 0 Å². The zero-order valence-electron chi connectivity index (χ0n) is 15.6. The number of rotatable bonds is 6. The molecule has 0 spiro atoms. The first-order chi connectivity index (χ1) is 13.9. The third kappa shape index (κ3) is 5.71. The molecule has 2 aromatic rings. The molecule has 0 fully saturated rings. The van der Waals surface area contributed by atoms with E-state index >= 15 is 0 Å². The minimum Gasteiger partial charge on any atom is -0.486 e.